The van der Waals surface area contributed by atoms with Crippen LogP contribution < -0.4 is 19.5 Å². The number of nitroso groups, excluding NO2 is 1. The van der Waals surface area contributed by atoms with Gasteiger partial charge < -0.3 is 19.5 Å². The molecule has 0 saturated carbocycles. The maximum atomic E-state index is 12.5. The molecule has 0 radical (unpaired) electrons. The summed E-state index contributed by atoms with van der Waals surface area (Å²) in [6.07, 6.45) is 1.62. The van der Waals surface area contributed by atoms with Crippen molar-refractivity contribution in [2.24, 2.45) is 5.29 Å². The lowest BCUT2D eigenvalue weighted by Crippen LogP contribution is -2.45. The minimum atomic E-state index is -0.262. The average molecular weight is 323 g/mol. The van der Waals surface area contributed by atoms with Crippen LogP contribution in [0.3, 0.4) is 0 Å². The fourth-order valence-corrected chi connectivity index (χ4v) is 2.63. The number of methoxy groups -OCH3 is 3. The molecule has 1 fully saturated rings. The van der Waals surface area contributed by atoms with Gasteiger partial charge in [-0.15, -0.1) is 4.91 Å². The van der Waals surface area contributed by atoms with Gasteiger partial charge in [-0.25, -0.2) is 0 Å². The molecular formula is C15H21N3O5. The zero-order valence-corrected chi connectivity index (χ0v) is 13.5. The summed E-state index contributed by atoms with van der Waals surface area (Å²) in [5, 5.41) is 7.26. The molecule has 0 bridgehead atoms. The summed E-state index contributed by atoms with van der Waals surface area (Å²) in [6.45, 7) is 1.04. The van der Waals surface area contributed by atoms with E-state index < -0.39 is 0 Å². The molecule has 2 rings (SSSR count). The van der Waals surface area contributed by atoms with E-state index in [1.807, 2.05) is 0 Å². The molecule has 1 aromatic carbocycles. The predicted molar refractivity (Wildman–Crippen MR) is 84.0 cm³/mol. The lowest BCUT2D eigenvalue weighted by Gasteiger charge is -2.28. The molecule has 126 valence electrons. The van der Waals surface area contributed by atoms with Gasteiger partial charge >= 0.3 is 0 Å². The van der Waals surface area contributed by atoms with Crippen LogP contribution in [0.1, 0.15) is 23.2 Å². The maximum absolute atomic E-state index is 12.5. The smallest absolute Gasteiger partial charge is 0.251 e. The van der Waals surface area contributed by atoms with Gasteiger partial charge in [0.15, 0.2) is 11.5 Å². The third kappa shape index (κ3) is 3.82. The zero-order valence-electron chi connectivity index (χ0n) is 13.5. The minimum absolute atomic E-state index is 0.118. The van der Waals surface area contributed by atoms with Crippen molar-refractivity contribution in [3.05, 3.63) is 22.6 Å². The summed E-state index contributed by atoms with van der Waals surface area (Å²) in [4.78, 5) is 23.1. The van der Waals surface area contributed by atoms with Gasteiger partial charge in [-0.1, -0.05) is 0 Å². The van der Waals surface area contributed by atoms with Gasteiger partial charge in [-0.3, -0.25) is 9.80 Å². The Labute approximate surface area is 134 Å². The first kappa shape index (κ1) is 16.9. The predicted octanol–water partition coefficient (Wildman–Crippen LogP) is 1.59. The van der Waals surface area contributed by atoms with Crippen LogP contribution in [-0.2, 0) is 0 Å². The highest BCUT2D eigenvalue weighted by Crippen LogP contribution is 2.38. The maximum Gasteiger partial charge on any atom is 0.251 e. The van der Waals surface area contributed by atoms with Crippen molar-refractivity contribution >= 4 is 5.91 Å². The Balaban J connectivity index is 2.17. The largest absolute Gasteiger partial charge is 0.493 e. The van der Waals surface area contributed by atoms with Crippen LogP contribution in [0.15, 0.2) is 17.4 Å². The second-order valence-corrected chi connectivity index (χ2v) is 5.22. The summed E-state index contributed by atoms with van der Waals surface area (Å²) in [5.74, 6) is 0.996. The number of hydrogen-bond acceptors (Lipinski definition) is 6. The van der Waals surface area contributed by atoms with Gasteiger partial charge in [0.25, 0.3) is 5.91 Å². The number of carbonyl (C=O) groups is 1. The Hall–Kier alpha value is -2.51. The van der Waals surface area contributed by atoms with E-state index in [1.165, 1.54) is 26.3 Å². The van der Waals surface area contributed by atoms with Crippen molar-refractivity contribution in [2.45, 2.75) is 18.9 Å². The summed E-state index contributed by atoms with van der Waals surface area (Å²) < 4.78 is 15.7. The number of amides is 1. The number of ether oxygens (including phenoxy) is 3. The Morgan fingerprint density at radius 2 is 1.87 bits per heavy atom. The number of nitrogens with zero attached hydrogens (tertiary/aromatic N) is 2. The van der Waals surface area contributed by atoms with Crippen LogP contribution in [0, 0.1) is 4.91 Å². The Kier molecular flexibility index (Phi) is 5.61. The molecule has 1 saturated heterocycles. The molecule has 23 heavy (non-hydrogen) atoms. The number of nitrogens with one attached hydrogen (secondary N) is 1. The Morgan fingerprint density at radius 1 is 1.22 bits per heavy atom. The quantitative estimate of drug-likeness (QED) is 0.800. The normalized spacial score (nSPS) is 17.3. The molecule has 1 heterocycles. The monoisotopic (exact) mass is 323 g/mol. The van der Waals surface area contributed by atoms with Gasteiger partial charge in [-0.2, -0.15) is 0 Å². The molecule has 1 amide bonds. The topological polar surface area (TPSA) is 89.5 Å². The number of piperidine rings is 1. The van der Waals surface area contributed by atoms with Crippen molar-refractivity contribution in [1.82, 2.24) is 10.3 Å². The van der Waals surface area contributed by atoms with E-state index in [1.54, 1.807) is 12.1 Å². The number of benzene rings is 1. The first-order chi connectivity index (χ1) is 11.1. The molecule has 1 aromatic rings. The molecule has 1 aliphatic rings. The van der Waals surface area contributed by atoms with E-state index in [0.29, 0.717) is 35.9 Å². The van der Waals surface area contributed by atoms with Crippen LogP contribution in [0.4, 0.5) is 0 Å². The fourth-order valence-electron chi connectivity index (χ4n) is 2.63. The summed E-state index contributed by atoms with van der Waals surface area (Å²) >= 11 is 0. The number of carbonyl (C=O) groups excluding carboxylic acids is 1. The second kappa shape index (κ2) is 7.66. The van der Waals surface area contributed by atoms with E-state index >= 15 is 0 Å². The summed E-state index contributed by atoms with van der Waals surface area (Å²) in [5.41, 5.74) is 0.399. The molecule has 1 unspecified atom stereocenters. The van der Waals surface area contributed by atoms with Gasteiger partial charge in [0.1, 0.15) is 0 Å². The van der Waals surface area contributed by atoms with Crippen LogP contribution in [0.2, 0.25) is 0 Å². The highest BCUT2D eigenvalue weighted by Gasteiger charge is 2.23. The van der Waals surface area contributed by atoms with Crippen LogP contribution in [0.5, 0.6) is 17.2 Å². The third-order valence-corrected chi connectivity index (χ3v) is 3.78. The molecule has 8 heteroatoms. The van der Waals surface area contributed by atoms with Gasteiger partial charge in [0, 0.05) is 18.2 Å². The molecule has 0 aliphatic carbocycles. The molecule has 8 nitrogen and oxygen atoms in total. The lowest BCUT2D eigenvalue weighted by atomic mass is 10.1. The van der Waals surface area contributed by atoms with Crippen LogP contribution >= 0.6 is 0 Å². The standard InChI is InChI=1S/C15H21N3O5/c1-21-12-7-10(8-13(22-2)14(12)23-3)15(19)16-11-5-4-6-18(9-11)17-20/h7-8,11H,4-6,9H2,1-3H3,(H,16,19). The molecule has 1 N–H and O–H groups in total. The molecule has 1 atom stereocenters. The van der Waals surface area contributed by atoms with Crippen molar-refractivity contribution < 1.29 is 19.0 Å². The summed E-state index contributed by atoms with van der Waals surface area (Å²) in [6, 6.07) is 3.07. The van der Waals surface area contributed by atoms with Gasteiger partial charge in [-0.05, 0) is 25.0 Å². The van der Waals surface area contributed by atoms with Crippen molar-refractivity contribution in [2.75, 3.05) is 34.4 Å². The van der Waals surface area contributed by atoms with Gasteiger partial charge in [0.05, 0.1) is 33.2 Å². The first-order valence-corrected chi connectivity index (χ1v) is 7.32. The SMILES string of the molecule is COc1cc(C(=O)NC2CCCN(N=O)C2)cc(OC)c1OC. The number of rotatable bonds is 6. The van der Waals surface area contributed by atoms with E-state index in [2.05, 4.69) is 10.6 Å². The second-order valence-electron chi connectivity index (χ2n) is 5.22. The lowest BCUT2D eigenvalue weighted by molar-refractivity contribution is 0.0903. The number of hydrogen-bond donors (Lipinski definition) is 1. The van der Waals surface area contributed by atoms with Crippen LogP contribution in [-0.4, -0.2) is 51.4 Å². The Morgan fingerprint density at radius 3 is 2.39 bits per heavy atom. The average Bonchev–Trinajstić information content (AvgIpc) is 2.60. The minimum Gasteiger partial charge on any atom is -0.493 e. The highest BCUT2D eigenvalue weighted by molar-refractivity contribution is 5.95. The van der Waals surface area contributed by atoms with E-state index in [-0.39, 0.29) is 11.9 Å². The molecule has 0 spiro atoms. The van der Waals surface area contributed by atoms with Crippen molar-refractivity contribution in [3.63, 3.8) is 0 Å². The molecule has 1 aliphatic heterocycles. The van der Waals surface area contributed by atoms with Crippen molar-refractivity contribution in [1.29, 1.82) is 0 Å². The van der Waals surface area contributed by atoms with Gasteiger partial charge in [0.2, 0.25) is 5.75 Å². The van der Waals surface area contributed by atoms with Crippen molar-refractivity contribution in [3.8, 4) is 17.2 Å². The summed E-state index contributed by atoms with van der Waals surface area (Å²) in [7, 11) is 4.49. The van der Waals surface area contributed by atoms with E-state index in [4.69, 9.17) is 14.2 Å². The fraction of sp³-hybridized carbons (Fsp3) is 0.533. The van der Waals surface area contributed by atoms with Crippen LogP contribution in [0.25, 0.3) is 0 Å². The van der Waals surface area contributed by atoms with E-state index in [9.17, 15) is 9.70 Å². The van der Waals surface area contributed by atoms with E-state index in [0.717, 1.165) is 12.8 Å². The first-order valence-electron chi connectivity index (χ1n) is 7.32. The Bertz CT molecular complexity index is 553. The molecule has 0 aromatic heterocycles. The highest BCUT2D eigenvalue weighted by atomic mass is 16.5. The zero-order chi connectivity index (χ0) is 16.8. The molecular weight excluding hydrogens is 302 g/mol. The third-order valence-electron chi connectivity index (χ3n) is 3.78.